The molecule has 3 heterocycles. The number of piperidine rings is 1. The SMILES string of the molecule is Cc1ccc(N2CCCC(C(=O)NCCn3cnc(C4CC4)cc3=O)C2)nn1. The summed E-state index contributed by atoms with van der Waals surface area (Å²) in [4.78, 5) is 31.2. The highest BCUT2D eigenvalue weighted by molar-refractivity contribution is 5.79. The van der Waals surface area contributed by atoms with Crippen LogP contribution in [0.5, 0.6) is 0 Å². The van der Waals surface area contributed by atoms with Gasteiger partial charge in [-0.15, -0.1) is 5.10 Å². The monoisotopic (exact) mass is 382 g/mol. The molecule has 2 fully saturated rings. The first-order chi connectivity index (χ1) is 13.6. The Morgan fingerprint density at radius 2 is 2.11 bits per heavy atom. The van der Waals surface area contributed by atoms with Gasteiger partial charge in [-0.25, -0.2) is 4.98 Å². The van der Waals surface area contributed by atoms with Crippen LogP contribution in [0.1, 0.15) is 43.0 Å². The summed E-state index contributed by atoms with van der Waals surface area (Å²) in [7, 11) is 0. The third kappa shape index (κ3) is 4.37. The number of hydrogen-bond acceptors (Lipinski definition) is 6. The van der Waals surface area contributed by atoms with E-state index in [9.17, 15) is 9.59 Å². The molecule has 1 aliphatic heterocycles. The quantitative estimate of drug-likeness (QED) is 0.808. The van der Waals surface area contributed by atoms with Gasteiger partial charge in [-0.05, 0) is 44.7 Å². The molecule has 4 rings (SSSR count). The van der Waals surface area contributed by atoms with Crippen molar-refractivity contribution >= 4 is 11.7 Å². The lowest BCUT2D eigenvalue weighted by atomic mass is 9.97. The van der Waals surface area contributed by atoms with E-state index in [-0.39, 0.29) is 17.4 Å². The predicted molar refractivity (Wildman–Crippen MR) is 105 cm³/mol. The highest BCUT2D eigenvalue weighted by Crippen LogP contribution is 2.38. The second-order valence-electron chi connectivity index (χ2n) is 7.73. The minimum absolute atomic E-state index is 0.0281. The Balaban J connectivity index is 1.28. The van der Waals surface area contributed by atoms with E-state index < -0.39 is 0 Å². The normalized spacial score (nSPS) is 19.5. The third-order valence-corrected chi connectivity index (χ3v) is 5.45. The Labute approximate surface area is 164 Å². The fraction of sp³-hybridized carbons (Fsp3) is 0.550. The van der Waals surface area contributed by atoms with Crippen LogP contribution >= 0.6 is 0 Å². The highest BCUT2D eigenvalue weighted by Gasteiger charge is 2.27. The molecule has 1 amide bonds. The van der Waals surface area contributed by atoms with Gasteiger partial charge in [0.15, 0.2) is 5.82 Å². The molecule has 1 aliphatic carbocycles. The van der Waals surface area contributed by atoms with Crippen molar-refractivity contribution < 1.29 is 4.79 Å². The van der Waals surface area contributed by atoms with Crippen LogP contribution in [0.4, 0.5) is 5.82 Å². The van der Waals surface area contributed by atoms with E-state index >= 15 is 0 Å². The molecule has 0 bridgehead atoms. The molecular formula is C20H26N6O2. The zero-order chi connectivity index (χ0) is 19.5. The van der Waals surface area contributed by atoms with Crippen LogP contribution in [0.15, 0.2) is 29.3 Å². The average Bonchev–Trinajstić information content (AvgIpc) is 3.55. The van der Waals surface area contributed by atoms with Crippen LogP contribution < -0.4 is 15.8 Å². The molecule has 1 saturated heterocycles. The Morgan fingerprint density at radius 1 is 1.25 bits per heavy atom. The molecule has 8 nitrogen and oxygen atoms in total. The van der Waals surface area contributed by atoms with Crippen molar-refractivity contribution in [2.75, 3.05) is 24.5 Å². The van der Waals surface area contributed by atoms with E-state index in [1.807, 2.05) is 19.1 Å². The van der Waals surface area contributed by atoms with Crippen molar-refractivity contribution in [3.05, 3.63) is 46.3 Å². The summed E-state index contributed by atoms with van der Waals surface area (Å²) in [5, 5.41) is 11.3. The number of nitrogens with zero attached hydrogens (tertiary/aromatic N) is 5. The Bertz CT molecular complexity index is 890. The molecule has 1 atom stereocenters. The minimum atomic E-state index is -0.0797. The average molecular weight is 382 g/mol. The van der Waals surface area contributed by atoms with Gasteiger partial charge in [-0.2, -0.15) is 5.10 Å². The molecule has 2 aliphatic rings. The number of nitrogens with one attached hydrogen (secondary N) is 1. The van der Waals surface area contributed by atoms with E-state index in [4.69, 9.17) is 0 Å². The molecule has 28 heavy (non-hydrogen) atoms. The maximum atomic E-state index is 12.6. The number of carbonyl (C=O) groups excluding carboxylic acids is 1. The number of aryl methyl sites for hydroxylation is 1. The lowest BCUT2D eigenvalue weighted by Crippen LogP contribution is -2.44. The molecule has 1 unspecified atom stereocenters. The van der Waals surface area contributed by atoms with E-state index in [1.165, 1.54) is 0 Å². The van der Waals surface area contributed by atoms with Crippen molar-refractivity contribution in [1.82, 2.24) is 25.1 Å². The van der Waals surface area contributed by atoms with Gasteiger partial charge in [-0.1, -0.05) is 0 Å². The summed E-state index contributed by atoms with van der Waals surface area (Å²) in [6.45, 7) is 4.28. The fourth-order valence-corrected chi connectivity index (χ4v) is 3.61. The van der Waals surface area contributed by atoms with Gasteiger partial charge in [0, 0.05) is 38.2 Å². The number of aromatic nitrogens is 4. The van der Waals surface area contributed by atoms with Gasteiger partial charge >= 0.3 is 0 Å². The van der Waals surface area contributed by atoms with Crippen LogP contribution in [-0.4, -0.2) is 45.3 Å². The van der Waals surface area contributed by atoms with Gasteiger partial charge in [0.1, 0.15) is 0 Å². The first-order valence-electron chi connectivity index (χ1n) is 9.99. The largest absolute Gasteiger partial charge is 0.354 e. The molecule has 0 radical (unpaired) electrons. The fourth-order valence-electron chi connectivity index (χ4n) is 3.61. The van der Waals surface area contributed by atoms with Crippen LogP contribution in [0.3, 0.4) is 0 Å². The van der Waals surface area contributed by atoms with E-state index in [1.54, 1.807) is 17.0 Å². The smallest absolute Gasteiger partial charge is 0.253 e. The van der Waals surface area contributed by atoms with Gasteiger partial charge in [0.25, 0.3) is 5.56 Å². The number of rotatable bonds is 6. The first-order valence-corrected chi connectivity index (χ1v) is 9.99. The Morgan fingerprint density at radius 3 is 2.82 bits per heavy atom. The van der Waals surface area contributed by atoms with E-state index in [0.717, 1.165) is 49.4 Å². The molecule has 0 aromatic carbocycles. The van der Waals surface area contributed by atoms with Gasteiger partial charge in [0.2, 0.25) is 5.91 Å². The molecule has 1 N–H and O–H groups in total. The molecule has 148 valence electrons. The van der Waals surface area contributed by atoms with Crippen LogP contribution in [0.2, 0.25) is 0 Å². The standard InChI is InChI=1S/C20H26N6O2/c1-14-4-7-18(24-23-14)25-9-2-3-16(12-25)20(28)21-8-10-26-13-22-17(11-19(26)27)15-5-6-15/h4,7,11,13,15-16H,2-3,5-6,8-10,12H2,1H3,(H,21,28). The zero-order valence-corrected chi connectivity index (χ0v) is 16.2. The van der Waals surface area contributed by atoms with Crippen LogP contribution in [0.25, 0.3) is 0 Å². The number of carbonyl (C=O) groups is 1. The van der Waals surface area contributed by atoms with Crippen LogP contribution in [0, 0.1) is 12.8 Å². The maximum absolute atomic E-state index is 12.6. The summed E-state index contributed by atoms with van der Waals surface area (Å²) in [5.41, 5.74) is 1.73. The summed E-state index contributed by atoms with van der Waals surface area (Å²) < 4.78 is 1.56. The summed E-state index contributed by atoms with van der Waals surface area (Å²) >= 11 is 0. The molecule has 2 aromatic rings. The molecule has 2 aromatic heterocycles. The van der Waals surface area contributed by atoms with Gasteiger partial charge in [0.05, 0.1) is 23.6 Å². The summed E-state index contributed by atoms with van der Waals surface area (Å²) in [5.74, 6) is 1.23. The molecule has 0 spiro atoms. The molecule has 8 heteroatoms. The lowest BCUT2D eigenvalue weighted by molar-refractivity contribution is -0.125. The van der Waals surface area contributed by atoms with Crippen molar-refractivity contribution in [3.63, 3.8) is 0 Å². The van der Waals surface area contributed by atoms with Crippen molar-refractivity contribution in [1.29, 1.82) is 0 Å². The van der Waals surface area contributed by atoms with E-state index in [2.05, 4.69) is 25.4 Å². The summed E-state index contributed by atoms with van der Waals surface area (Å²) in [6, 6.07) is 5.51. The molecular weight excluding hydrogens is 356 g/mol. The van der Waals surface area contributed by atoms with Crippen molar-refractivity contribution in [3.8, 4) is 0 Å². The minimum Gasteiger partial charge on any atom is -0.354 e. The molecule has 1 saturated carbocycles. The van der Waals surface area contributed by atoms with Crippen molar-refractivity contribution in [2.45, 2.75) is 45.1 Å². The second-order valence-corrected chi connectivity index (χ2v) is 7.73. The maximum Gasteiger partial charge on any atom is 0.253 e. The van der Waals surface area contributed by atoms with Crippen molar-refractivity contribution in [2.24, 2.45) is 5.92 Å². The van der Waals surface area contributed by atoms with Crippen LogP contribution in [-0.2, 0) is 11.3 Å². The van der Waals surface area contributed by atoms with Gasteiger partial charge in [-0.3, -0.25) is 14.2 Å². The Kier molecular flexibility index (Phi) is 5.36. The third-order valence-electron chi connectivity index (χ3n) is 5.45. The van der Waals surface area contributed by atoms with Gasteiger partial charge < -0.3 is 10.2 Å². The topological polar surface area (TPSA) is 93.0 Å². The lowest BCUT2D eigenvalue weighted by Gasteiger charge is -2.32. The highest BCUT2D eigenvalue weighted by atomic mass is 16.2. The second kappa shape index (κ2) is 8.08. The first kappa shape index (κ1) is 18.6. The number of amides is 1. The number of anilines is 1. The number of hydrogen-bond donors (Lipinski definition) is 1. The summed E-state index contributed by atoms with van der Waals surface area (Å²) in [6.07, 6.45) is 5.65. The predicted octanol–water partition coefficient (Wildman–Crippen LogP) is 1.25. The van der Waals surface area contributed by atoms with E-state index in [0.29, 0.717) is 25.6 Å². The zero-order valence-electron chi connectivity index (χ0n) is 16.2. The Hall–Kier alpha value is -2.77.